The molecule has 0 amide bonds. The molecule has 2 aromatic rings. The molecule has 0 atom stereocenters. The standard InChI is InChI=1S/C18H20O/c19-18(12-6-9-15-7-2-1-3-8-15)13-16-10-4-5-11-17(16)14-18/h1-5,7-8,10-11,19H,6,9,12-14H2. The number of aryl methyl sites for hydroxylation is 1. The minimum absolute atomic E-state index is 0.515. The van der Waals surface area contributed by atoms with Crippen molar-refractivity contribution in [3.8, 4) is 0 Å². The second-order valence-corrected chi connectivity index (χ2v) is 5.69. The maximum atomic E-state index is 10.7. The lowest BCUT2D eigenvalue weighted by Gasteiger charge is -2.22. The summed E-state index contributed by atoms with van der Waals surface area (Å²) in [4.78, 5) is 0. The van der Waals surface area contributed by atoms with E-state index >= 15 is 0 Å². The molecule has 0 unspecified atom stereocenters. The molecule has 1 heteroatoms. The number of aliphatic hydroxyl groups is 1. The monoisotopic (exact) mass is 252 g/mol. The molecule has 0 aromatic heterocycles. The minimum atomic E-state index is -0.515. The fraction of sp³-hybridized carbons (Fsp3) is 0.333. The average molecular weight is 252 g/mol. The van der Waals surface area contributed by atoms with Crippen LogP contribution in [0.25, 0.3) is 0 Å². The summed E-state index contributed by atoms with van der Waals surface area (Å²) < 4.78 is 0. The van der Waals surface area contributed by atoms with E-state index in [1.54, 1.807) is 0 Å². The molecule has 1 nitrogen and oxygen atoms in total. The second-order valence-electron chi connectivity index (χ2n) is 5.69. The van der Waals surface area contributed by atoms with E-state index < -0.39 is 5.60 Å². The van der Waals surface area contributed by atoms with Crippen LogP contribution in [0, 0.1) is 0 Å². The van der Waals surface area contributed by atoms with Gasteiger partial charge in [-0.15, -0.1) is 0 Å². The van der Waals surface area contributed by atoms with Crippen LogP contribution in [0.1, 0.15) is 29.5 Å². The Morgan fingerprint density at radius 1 is 0.842 bits per heavy atom. The van der Waals surface area contributed by atoms with Crippen LogP contribution in [0.3, 0.4) is 0 Å². The molecule has 1 aliphatic rings. The topological polar surface area (TPSA) is 20.2 Å². The van der Waals surface area contributed by atoms with Gasteiger partial charge in [0.25, 0.3) is 0 Å². The van der Waals surface area contributed by atoms with E-state index in [0.29, 0.717) is 0 Å². The van der Waals surface area contributed by atoms with Crippen molar-refractivity contribution in [1.29, 1.82) is 0 Å². The third-order valence-electron chi connectivity index (χ3n) is 4.11. The van der Waals surface area contributed by atoms with Crippen molar-refractivity contribution in [2.24, 2.45) is 0 Å². The van der Waals surface area contributed by atoms with Gasteiger partial charge in [0, 0.05) is 12.8 Å². The fourth-order valence-electron chi connectivity index (χ4n) is 3.12. The van der Waals surface area contributed by atoms with E-state index in [-0.39, 0.29) is 0 Å². The Morgan fingerprint density at radius 2 is 1.42 bits per heavy atom. The highest BCUT2D eigenvalue weighted by Gasteiger charge is 2.34. The van der Waals surface area contributed by atoms with Gasteiger partial charge in [0.05, 0.1) is 5.60 Å². The third kappa shape index (κ3) is 2.87. The van der Waals surface area contributed by atoms with Gasteiger partial charge in [-0.3, -0.25) is 0 Å². The largest absolute Gasteiger partial charge is 0.389 e. The summed E-state index contributed by atoms with van der Waals surface area (Å²) in [6.45, 7) is 0. The Balaban J connectivity index is 1.57. The molecule has 3 rings (SSSR count). The van der Waals surface area contributed by atoms with E-state index in [9.17, 15) is 5.11 Å². The van der Waals surface area contributed by atoms with Crippen molar-refractivity contribution in [2.75, 3.05) is 0 Å². The predicted octanol–water partition coefficient (Wildman–Crippen LogP) is 3.54. The summed E-state index contributed by atoms with van der Waals surface area (Å²) in [7, 11) is 0. The molecule has 2 aromatic carbocycles. The molecule has 0 fully saturated rings. The number of rotatable bonds is 4. The van der Waals surface area contributed by atoms with Crippen LogP contribution in [-0.2, 0) is 19.3 Å². The van der Waals surface area contributed by atoms with Crippen LogP contribution >= 0.6 is 0 Å². The minimum Gasteiger partial charge on any atom is -0.389 e. The molecule has 0 saturated carbocycles. The number of hydrogen-bond acceptors (Lipinski definition) is 1. The molecule has 1 aliphatic carbocycles. The first-order valence-electron chi connectivity index (χ1n) is 7.08. The first kappa shape index (κ1) is 12.4. The van der Waals surface area contributed by atoms with Gasteiger partial charge in [-0.2, -0.15) is 0 Å². The van der Waals surface area contributed by atoms with Gasteiger partial charge in [0.1, 0.15) is 0 Å². The molecule has 1 N–H and O–H groups in total. The van der Waals surface area contributed by atoms with Crippen LogP contribution in [-0.4, -0.2) is 10.7 Å². The highest BCUT2D eigenvalue weighted by atomic mass is 16.3. The molecule has 0 spiro atoms. The lowest BCUT2D eigenvalue weighted by atomic mass is 9.92. The van der Waals surface area contributed by atoms with Crippen LogP contribution in [0.4, 0.5) is 0 Å². The van der Waals surface area contributed by atoms with E-state index in [0.717, 1.165) is 32.1 Å². The van der Waals surface area contributed by atoms with Crippen molar-refractivity contribution >= 4 is 0 Å². The summed E-state index contributed by atoms with van der Waals surface area (Å²) in [6, 6.07) is 18.9. The number of fused-ring (bicyclic) bond motifs is 1. The van der Waals surface area contributed by atoms with Gasteiger partial charge in [-0.25, -0.2) is 0 Å². The van der Waals surface area contributed by atoms with Crippen molar-refractivity contribution in [3.63, 3.8) is 0 Å². The Hall–Kier alpha value is -1.60. The molecule has 0 saturated heterocycles. The van der Waals surface area contributed by atoms with E-state index in [4.69, 9.17) is 0 Å². The van der Waals surface area contributed by atoms with Crippen LogP contribution < -0.4 is 0 Å². The third-order valence-corrected chi connectivity index (χ3v) is 4.11. The molecular formula is C18H20O. The number of benzene rings is 2. The Morgan fingerprint density at radius 3 is 2.05 bits per heavy atom. The average Bonchev–Trinajstić information content (AvgIpc) is 2.76. The first-order valence-corrected chi connectivity index (χ1v) is 7.08. The van der Waals surface area contributed by atoms with Crippen molar-refractivity contribution in [1.82, 2.24) is 0 Å². The van der Waals surface area contributed by atoms with Crippen LogP contribution in [0.5, 0.6) is 0 Å². The Labute approximate surface area is 114 Å². The van der Waals surface area contributed by atoms with E-state index in [2.05, 4.69) is 48.5 Å². The fourth-order valence-corrected chi connectivity index (χ4v) is 3.12. The van der Waals surface area contributed by atoms with Gasteiger partial charge < -0.3 is 5.11 Å². The maximum Gasteiger partial charge on any atom is 0.0728 e. The van der Waals surface area contributed by atoms with Gasteiger partial charge in [-0.1, -0.05) is 54.6 Å². The van der Waals surface area contributed by atoms with Gasteiger partial charge >= 0.3 is 0 Å². The van der Waals surface area contributed by atoms with Crippen LogP contribution in [0.2, 0.25) is 0 Å². The molecule has 0 aliphatic heterocycles. The molecule has 0 radical (unpaired) electrons. The SMILES string of the molecule is OC1(CCCc2ccccc2)Cc2ccccc2C1. The van der Waals surface area contributed by atoms with Crippen molar-refractivity contribution in [3.05, 3.63) is 71.3 Å². The first-order chi connectivity index (χ1) is 9.25. The summed E-state index contributed by atoms with van der Waals surface area (Å²) >= 11 is 0. The summed E-state index contributed by atoms with van der Waals surface area (Å²) in [5, 5.41) is 10.7. The lowest BCUT2D eigenvalue weighted by molar-refractivity contribution is 0.0404. The Bertz CT molecular complexity index is 520. The zero-order chi connectivity index (χ0) is 13.1. The Kier molecular flexibility index (Phi) is 3.39. The van der Waals surface area contributed by atoms with Gasteiger partial charge in [-0.05, 0) is 36.0 Å². The summed E-state index contributed by atoms with van der Waals surface area (Å²) in [6.07, 6.45) is 4.63. The van der Waals surface area contributed by atoms with Crippen molar-refractivity contribution in [2.45, 2.75) is 37.7 Å². The highest BCUT2D eigenvalue weighted by molar-refractivity contribution is 5.35. The van der Waals surface area contributed by atoms with E-state index in [1.807, 2.05) is 6.07 Å². The van der Waals surface area contributed by atoms with Crippen LogP contribution in [0.15, 0.2) is 54.6 Å². The number of hydrogen-bond donors (Lipinski definition) is 1. The van der Waals surface area contributed by atoms with Gasteiger partial charge in [0.15, 0.2) is 0 Å². The second kappa shape index (κ2) is 5.18. The molecule has 0 heterocycles. The highest BCUT2D eigenvalue weighted by Crippen LogP contribution is 2.33. The molecule has 98 valence electrons. The zero-order valence-corrected chi connectivity index (χ0v) is 11.2. The lowest BCUT2D eigenvalue weighted by Crippen LogP contribution is -2.29. The molecule has 0 bridgehead atoms. The smallest absolute Gasteiger partial charge is 0.0728 e. The van der Waals surface area contributed by atoms with E-state index in [1.165, 1.54) is 16.7 Å². The normalized spacial score (nSPS) is 16.3. The zero-order valence-electron chi connectivity index (χ0n) is 11.2. The van der Waals surface area contributed by atoms with Crippen molar-refractivity contribution < 1.29 is 5.11 Å². The van der Waals surface area contributed by atoms with Gasteiger partial charge in [0.2, 0.25) is 0 Å². The molecule has 19 heavy (non-hydrogen) atoms. The maximum absolute atomic E-state index is 10.7. The quantitative estimate of drug-likeness (QED) is 0.882. The molecular weight excluding hydrogens is 232 g/mol. The summed E-state index contributed by atoms with van der Waals surface area (Å²) in [5.41, 5.74) is 3.49. The summed E-state index contributed by atoms with van der Waals surface area (Å²) in [5.74, 6) is 0. The predicted molar refractivity (Wildman–Crippen MR) is 78.2 cm³/mol.